The molecular weight excluding hydrogens is 286 g/mol. The first-order chi connectivity index (χ1) is 11.2. The molecule has 23 heavy (non-hydrogen) atoms. The summed E-state index contributed by atoms with van der Waals surface area (Å²) in [5.74, 6) is 1.92. The number of hydrogen-bond donors (Lipinski definition) is 1. The number of nitrogens with two attached hydrogens (primary N) is 1. The Morgan fingerprint density at radius 2 is 1.57 bits per heavy atom. The molecule has 3 heteroatoms. The van der Waals surface area contributed by atoms with Gasteiger partial charge >= 0.3 is 0 Å². The van der Waals surface area contributed by atoms with Crippen molar-refractivity contribution in [1.29, 1.82) is 0 Å². The van der Waals surface area contributed by atoms with Crippen LogP contribution in [0.15, 0.2) is 42.5 Å². The Morgan fingerprint density at radius 1 is 0.913 bits per heavy atom. The largest absolute Gasteiger partial charge is 0.490 e. The van der Waals surface area contributed by atoms with E-state index in [4.69, 9.17) is 15.2 Å². The van der Waals surface area contributed by atoms with E-state index in [0.717, 1.165) is 17.9 Å². The van der Waals surface area contributed by atoms with Gasteiger partial charge in [-0.2, -0.15) is 0 Å². The lowest BCUT2D eigenvalue weighted by molar-refractivity contribution is 0.287. The predicted molar refractivity (Wildman–Crippen MR) is 95.5 cm³/mol. The molecule has 2 aromatic rings. The van der Waals surface area contributed by atoms with Crippen LogP contribution < -0.4 is 15.2 Å². The highest BCUT2D eigenvalue weighted by molar-refractivity contribution is 5.43. The second-order valence-electron chi connectivity index (χ2n) is 5.69. The van der Waals surface area contributed by atoms with Crippen LogP contribution in [0.2, 0.25) is 0 Å². The Kier molecular flexibility index (Phi) is 6.48. The molecule has 0 aliphatic heterocycles. The summed E-state index contributed by atoms with van der Waals surface area (Å²) >= 11 is 0. The second-order valence-corrected chi connectivity index (χ2v) is 5.69. The minimum Gasteiger partial charge on any atom is -0.490 e. The SMILES string of the molecule is CCOc1ccc(CC(CN)c2ccc(C)cc2)cc1OCC. The summed E-state index contributed by atoms with van der Waals surface area (Å²) in [5, 5.41) is 0. The van der Waals surface area contributed by atoms with E-state index >= 15 is 0 Å². The molecule has 1 atom stereocenters. The highest BCUT2D eigenvalue weighted by Crippen LogP contribution is 2.30. The minimum absolute atomic E-state index is 0.308. The number of aryl methyl sites for hydroxylation is 1. The summed E-state index contributed by atoms with van der Waals surface area (Å²) in [5.41, 5.74) is 9.77. The minimum atomic E-state index is 0.308. The third kappa shape index (κ3) is 4.73. The average Bonchev–Trinajstić information content (AvgIpc) is 2.56. The topological polar surface area (TPSA) is 44.5 Å². The van der Waals surface area contributed by atoms with Gasteiger partial charge < -0.3 is 15.2 Å². The first kappa shape index (κ1) is 17.4. The van der Waals surface area contributed by atoms with Crippen LogP contribution in [-0.2, 0) is 6.42 Å². The van der Waals surface area contributed by atoms with Crippen molar-refractivity contribution >= 4 is 0 Å². The Bertz CT molecular complexity index is 608. The van der Waals surface area contributed by atoms with Crippen LogP contribution in [0.25, 0.3) is 0 Å². The summed E-state index contributed by atoms with van der Waals surface area (Å²) in [6.07, 6.45) is 0.895. The Hall–Kier alpha value is -2.00. The van der Waals surface area contributed by atoms with Crippen molar-refractivity contribution < 1.29 is 9.47 Å². The standard InChI is InChI=1S/C20H27NO2/c1-4-22-19-11-8-16(13-20(19)23-5-2)12-18(14-21)17-9-6-15(3)7-10-17/h6-11,13,18H,4-5,12,14,21H2,1-3H3. The fourth-order valence-electron chi connectivity index (χ4n) is 2.68. The lowest BCUT2D eigenvalue weighted by Crippen LogP contribution is -2.15. The van der Waals surface area contributed by atoms with Crippen molar-refractivity contribution in [3.8, 4) is 11.5 Å². The number of rotatable bonds is 8. The first-order valence-electron chi connectivity index (χ1n) is 8.33. The summed E-state index contributed by atoms with van der Waals surface area (Å²) in [6, 6.07) is 14.8. The molecule has 0 aromatic heterocycles. The van der Waals surface area contributed by atoms with Crippen molar-refractivity contribution in [2.45, 2.75) is 33.1 Å². The van der Waals surface area contributed by atoms with Crippen molar-refractivity contribution in [2.24, 2.45) is 5.73 Å². The monoisotopic (exact) mass is 313 g/mol. The van der Waals surface area contributed by atoms with E-state index in [0.29, 0.717) is 25.7 Å². The lowest BCUT2D eigenvalue weighted by atomic mass is 9.91. The highest BCUT2D eigenvalue weighted by Gasteiger charge is 2.13. The van der Waals surface area contributed by atoms with E-state index in [1.807, 2.05) is 19.9 Å². The van der Waals surface area contributed by atoms with E-state index in [1.54, 1.807) is 0 Å². The molecule has 2 rings (SSSR count). The zero-order valence-corrected chi connectivity index (χ0v) is 14.3. The molecule has 3 nitrogen and oxygen atoms in total. The van der Waals surface area contributed by atoms with Crippen LogP contribution >= 0.6 is 0 Å². The molecule has 2 aromatic carbocycles. The molecule has 0 heterocycles. The van der Waals surface area contributed by atoms with Crippen LogP contribution in [0, 0.1) is 6.92 Å². The Morgan fingerprint density at radius 3 is 2.17 bits per heavy atom. The number of hydrogen-bond acceptors (Lipinski definition) is 3. The van der Waals surface area contributed by atoms with Gasteiger partial charge in [-0.1, -0.05) is 35.9 Å². The van der Waals surface area contributed by atoms with Gasteiger partial charge in [0.15, 0.2) is 11.5 Å². The normalized spacial score (nSPS) is 12.0. The second kappa shape index (κ2) is 8.59. The van der Waals surface area contributed by atoms with E-state index < -0.39 is 0 Å². The molecule has 124 valence electrons. The van der Waals surface area contributed by atoms with Crippen LogP contribution in [0.5, 0.6) is 11.5 Å². The maximum Gasteiger partial charge on any atom is 0.161 e. The number of ether oxygens (including phenoxy) is 2. The smallest absolute Gasteiger partial charge is 0.161 e. The third-order valence-corrected chi connectivity index (χ3v) is 3.92. The fraction of sp³-hybridized carbons (Fsp3) is 0.400. The van der Waals surface area contributed by atoms with E-state index in [-0.39, 0.29) is 0 Å². The molecule has 0 fully saturated rings. The van der Waals surface area contributed by atoms with Gasteiger partial charge in [0.05, 0.1) is 13.2 Å². The maximum absolute atomic E-state index is 6.01. The van der Waals surface area contributed by atoms with Gasteiger partial charge in [0.25, 0.3) is 0 Å². The van der Waals surface area contributed by atoms with Gasteiger partial charge in [0.2, 0.25) is 0 Å². The molecule has 2 N–H and O–H groups in total. The van der Waals surface area contributed by atoms with E-state index in [9.17, 15) is 0 Å². The van der Waals surface area contributed by atoms with Crippen molar-refractivity contribution in [2.75, 3.05) is 19.8 Å². The van der Waals surface area contributed by atoms with Gasteiger partial charge in [-0.25, -0.2) is 0 Å². The van der Waals surface area contributed by atoms with Gasteiger partial charge in [-0.3, -0.25) is 0 Å². The third-order valence-electron chi connectivity index (χ3n) is 3.92. The highest BCUT2D eigenvalue weighted by atomic mass is 16.5. The molecule has 1 unspecified atom stereocenters. The van der Waals surface area contributed by atoms with Crippen LogP contribution in [-0.4, -0.2) is 19.8 Å². The summed E-state index contributed by atoms with van der Waals surface area (Å²) in [7, 11) is 0. The fourth-order valence-corrected chi connectivity index (χ4v) is 2.68. The molecule has 0 radical (unpaired) electrons. The van der Waals surface area contributed by atoms with E-state index in [2.05, 4.69) is 43.3 Å². The van der Waals surface area contributed by atoms with Crippen LogP contribution in [0.3, 0.4) is 0 Å². The zero-order valence-electron chi connectivity index (χ0n) is 14.3. The quantitative estimate of drug-likeness (QED) is 0.798. The zero-order chi connectivity index (χ0) is 16.7. The summed E-state index contributed by atoms with van der Waals surface area (Å²) in [4.78, 5) is 0. The first-order valence-corrected chi connectivity index (χ1v) is 8.33. The Balaban J connectivity index is 2.19. The average molecular weight is 313 g/mol. The maximum atomic E-state index is 6.01. The Labute approximate surface area is 139 Å². The van der Waals surface area contributed by atoms with Crippen molar-refractivity contribution in [3.05, 3.63) is 59.2 Å². The summed E-state index contributed by atoms with van der Waals surface area (Å²) in [6.45, 7) is 7.95. The van der Waals surface area contributed by atoms with Gasteiger partial charge in [0.1, 0.15) is 0 Å². The molecule has 0 amide bonds. The molecule has 0 saturated carbocycles. The van der Waals surface area contributed by atoms with Gasteiger partial charge in [0, 0.05) is 5.92 Å². The van der Waals surface area contributed by atoms with E-state index in [1.165, 1.54) is 16.7 Å². The predicted octanol–water partition coefficient (Wildman–Crippen LogP) is 4.08. The van der Waals surface area contributed by atoms with Crippen molar-refractivity contribution in [3.63, 3.8) is 0 Å². The lowest BCUT2D eigenvalue weighted by Gasteiger charge is -2.17. The summed E-state index contributed by atoms with van der Waals surface area (Å²) < 4.78 is 11.3. The van der Waals surface area contributed by atoms with Crippen LogP contribution in [0.4, 0.5) is 0 Å². The molecule has 0 bridgehead atoms. The number of benzene rings is 2. The molecule has 0 saturated heterocycles. The molecule has 0 spiro atoms. The molecule has 0 aliphatic carbocycles. The van der Waals surface area contributed by atoms with Crippen LogP contribution in [0.1, 0.15) is 36.5 Å². The molecular formula is C20H27NO2. The molecule has 0 aliphatic rings. The van der Waals surface area contributed by atoms with Gasteiger partial charge in [-0.05, 0) is 57.0 Å². The van der Waals surface area contributed by atoms with Crippen molar-refractivity contribution in [1.82, 2.24) is 0 Å². The van der Waals surface area contributed by atoms with Gasteiger partial charge in [-0.15, -0.1) is 0 Å².